The number of carbonyl (C=O) groups excluding carboxylic acids is 2. The summed E-state index contributed by atoms with van der Waals surface area (Å²) < 4.78 is 5.08. The number of anilines is 2. The Morgan fingerprint density at radius 1 is 1.10 bits per heavy atom. The molecule has 150 valence electrons. The van der Waals surface area contributed by atoms with Gasteiger partial charge in [0.1, 0.15) is 0 Å². The topological polar surface area (TPSA) is 78.7 Å². The van der Waals surface area contributed by atoms with Crippen molar-refractivity contribution >= 4 is 34.0 Å². The zero-order valence-electron chi connectivity index (χ0n) is 16.1. The van der Waals surface area contributed by atoms with Crippen LogP contribution in [0.3, 0.4) is 0 Å². The molecule has 0 spiro atoms. The summed E-state index contributed by atoms with van der Waals surface area (Å²) in [5, 5.41) is 5.83. The smallest absolute Gasteiger partial charge is 0.291 e. The van der Waals surface area contributed by atoms with Gasteiger partial charge in [-0.25, -0.2) is 4.98 Å². The van der Waals surface area contributed by atoms with Crippen molar-refractivity contribution in [2.24, 2.45) is 0 Å². The van der Waals surface area contributed by atoms with E-state index in [9.17, 15) is 9.59 Å². The van der Waals surface area contributed by atoms with E-state index in [1.807, 2.05) is 11.8 Å². The van der Waals surface area contributed by atoms with Gasteiger partial charge in [-0.2, -0.15) is 0 Å². The van der Waals surface area contributed by atoms with E-state index >= 15 is 0 Å². The molecule has 29 heavy (non-hydrogen) atoms. The molecule has 1 N–H and O–H groups in total. The van der Waals surface area contributed by atoms with Crippen molar-refractivity contribution in [3.05, 3.63) is 65.1 Å². The summed E-state index contributed by atoms with van der Waals surface area (Å²) in [5.41, 5.74) is 2.25. The van der Waals surface area contributed by atoms with E-state index in [2.05, 4.69) is 20.6 Å². The Kier molecular flexibility index (Phi) is 5.62. The lowest BCUT2D eigenvalue weighted by Crippen LogP contribution is -2.35. The monoisotopic (exact) mass is 410 g/mol. The quantitative estimate of drug-likeness (QED) is 0.710. The number of rotatable bonds is 4. The van der Waals surface area contributed by atoms with Gasteiger partial charge in [-0.3, -0.25) is 9.59 Å². The maximum absolute atomic E-state index is 12.9. The molecule has 2 amide bonds. The zero-order chi connectivity index (χ0) is 20.2. The number of benzene rings is 1. The average molecular weight is 410 g/mol. The highest BCUT2D eigenvalue weighted by Crippen LogP contribution is 2.22. The van der Waals surface area contributed by atoms with Crippen molar-refractivity contribution in [3.8, 4) is 0 Å². The summed E-state index contributed by atoms with van der Waals surface area (Å²) in [6.07, 6.45) is 2.36. The van der Waals surface area contributed by atoms with Gasteiger partial charge < -0.3 is 19.5 Å². The number of nitrogens with zero attached hydrogens (tertiary/aromatic N) is 3. The minimum Gasteiger partial charge on any atom is -0.459 e. The van der Waals surface area contributed by atoms with E-state index in [0.29, 0.717) is 17.8 Å². The molecule has 0 radical (unpaired) electrons. The second-order valence-corrected chi connectivity index (χ2v) is 7.75. The first-order valence-electron chi connectivity index (χ1n) is 9.51. The minimum atomic E-state index is -0.320. The normalized spacial score (nSPS) is 14.5. The zero-order valence-corrected chi connectivity index (χ0v) is 16.9. The van der Waals surface area contributed by atoms with E-state index in [1.165, 1.54) is 6.26 Å². The van der Waals surface area contributed by atoms with E-state index in [4.69, 9.17) is 4.42 Å². The first-order chi connectivity index (χ1) is 14.1. The molecule has 0 atom stereocenters. The number of hydrogen-bond acceptors (Lipinski definition) is 6. The number of thiazole rings is 1. The van der Waals surface area contributed by atoms with Crippen LogP contribution >= 0.6 is 11.3 Å². The van der Waals surface area contributed by atoms with Crippen molar-refractivity contribution < 1.29 is 14.0 Å². The van der Waals surface area contributed by atoms with Crippen LogP contribution in [0.15, 0.2) is 52.5 Å². The van der Waals surface area contributed by atoms with E-state index in [-0.39, 0.29) is 17.6 Å². The fourth-order valence-corrected chi connectivity index (χ4v) is 4.13. The van der Waals surface area contributed by atoms with Crippen molar-refractivity contribution in [1.29, 1.82) is 0 Å². The summed E-state index contributed by atoms with van der Waals surface area (Å²) in [6, 6.07) is 10.2. The number of aryl methyl sites for hydroxylation is 1. The molecular weight excluding hydrogens is 388 g/mol. The number of nitrogens with one attached hydrogen (secondary N) is 1. The fourth-order valence-electron chi connectivity index (χ4n) is 3.28. The molecule has 8 heteroatoms. The number of aromatic nitrogens is 1. The van der Waals surface area contributed by atoms with Crippen molar-refractivity contribution in [3.63, 3.8) is 0 Å². The molecule has 0 bridgehead atoms. The number of amides is 2. The molecule has 7 nitrogen and oxygen atoms in total. The van der Waals surface area contributed by atoms with Gasteiger partial charge in [0.25, 0.3) is 11.8 Å². The largest absolute Gasteiger partial charge is 0.459 e. The molecule has 1 fully saturated rings. The standard InChI is InChI=1S/C21H22N4O3S/c1-15-14-29-21(22-15)25-10-3-9-24(11-12-25)20(27)16-5-7-17(8-6-16)23-19(26)18-4-2-13-28-18/h2,4-8,13-14H,3,9-12H2,1H3,(H,23,26). The van der Waals surface area contributed by atoms with Crippen molar-refractivity contribution in [1.82, 2.24) is 9.88 Å². The molecule has 1 aliphatic heterocycles. The van der Waals surface area contributed by atoms with Crippen molar-refractivity contribution in [2.75, 3.05) is 36.4 Å². The lowest BCUT2D eigenvalue weighted by Gasteiger charge is -2.22. The van der Waals surface area contributed by atoms with Crippen LogP contribution in [0, 0.1) is 6.92 Å². The molecule has 1 aromatic carbocycles. The molecule has 0 aliphatic carbocycles. The maximum atomic E-state index is 12.9. The molecule has 1 saturated heterocycles. The SMILES string of the molecule is Cc1csc(N2CCCN(C(=O)c3ccc(NC(=O)c4ccco4)cc3)CC2)n1. The Labute approximate surface area is 173 Å². The molecule has 1 aliphatic rings. The van der Waals surface area contributed by atoms with Gasteiger partial charge in [0.15, 0.2) is 10.9 Å². The first kappa shape index (κ1) is 19.2. The second kappa shape index (κ2) is 8.48. The summed E-state index contributed by atoms with van der Waals surface area (Å²) in [6.45, 7) is 5.05. The number of furan rings is 1. The predicted octanol–water partition coefficient (Wildman–Crippen LogP) is 3.65. The Balaban J connectivity index is 1.37. The van der Waals surface area contributed by atoms with Crippen LogP contribution in [0.1, 0.15) is 33.0 Å². The Morgan fingerprint density at radius 3 is 2.62 bits per heavy atom. The summed E-state index contributed by atoms with van der Waals surface area (Å²) >= 11 is 1.65. The fraction of sp³-hybridized carbons (Fsp3) is 0.286. The van der Waals surface area contributed by atoms with Crippen LogP contribution < -0.4 is 10.2 Å². The highest BCUT2D eigenvalue weighted by molar-refractivity contribution is 7.13. The molecule has 0 saturated carbocycles. The number of carbonyl (C=O) groups is 2. The Morgan fingerprint density at radius 2 is 1.93 bits per heavy atom. The highest BCUT2D eigenvalue weighted by atomic mass is 32.1. The summed E-state index contributed by atoms with van der Waals surface area (Å²) in [7, 11) is 0. The van der Waals surface area contributed by atoms with Gasteiger partial charge >= 0.3 is 0 Å². The van der Waals surface area contributed by atoms with Gasteiger partial charge in [0, 0.05) is 42.8 Å². The van der Waals surface area contributed by atoms with Gasteiger partial charge in [-0.15, -0.1) is 11.3 Å². The highest BCUT2D eigenvalue weighted by Gasteiger charge is 2.21. The van der Waals surface area contributed by atoms with Crippen LogP contribution in [0.4, 0.5) is 10.8 Å². The molecule has 3 aromatic rings. The van der Waals surface area contributed by atoms with Crippen molar-refractivity contribution in [2.45, 2.75) is 13.3 Å². The third-order valence-corrected chi connectivity index (χ3v) is 5.81. The summed E-state index contributed by atoms with van der Waals surface area (Å²) in [5.74, 6) is -0.0695. The van der Waals surface area contributed by atoms with Crippen LogP contribution in [-0.4, -0.2) is 47.9 Å². The molecular formula is C21H22N4O3S. The first-order valence-corrected chi connectivity index (χ1v) is 10.4. The van der Waals surface area contributed by atoms with E-state index in [1.54, 1.807) is 47.7 Å². The second-order valence-electron chi connectivity index (χ2n) is 6.91. The average Bonchev–Trinajstić information content (AvgIpc) is 3.35. The molecule has 3 heterocycles. The Hall–Kier alpha value is -3.13. The van der Waals surface area contributed by atoms with Crippen LogP contribution in [0.5, 0.6) is 0 Å². The van der Waals surface area contributed by atoms with Gasteiger partial charge in [-0.05, 0) is 49.7 Å². The third-order valence-electron chi connectivity index (χ3n) is 4.80. The molecule has 0 unspecified atom stereocenters. The maximum Gasteiger partial charge on any atom is 0.291 e. The van der Waals surface area contributed by atoms with Gasteiger partial charge in [0.2, 0.25) is 0 Å². The number of hydrogen-bond donors (Lipinski definition) is 1. The lowest BCUT2D eigenvalue weighted by molar-refractivity contribution is 0.0767. The Bertz CT molecular complexity index is 982. The molecule has 2 aromatic heterocycles. The van der Waals surface area contributed by atoms with Gasteiger partial charge in [0.05, 0.1) is 12.0 Å². The van der Waals surface area contributed by atoms with Crippen LogP contribution in [0.2, 0.25) is 0 Å². The molecule has 4 rings (SSSR count). The van der Waals surface area contributed by atoms with Gasteiger partial charge in [-0.1, -0.05) is 0 Å². The minimum absolute atomic E-state index is 0.00563. The van der Waals surface area contributed by atoms with Crippen LogP contribution in [-0.2, 0) is 0 Å². The third kappa shape index (κ3) is 4.48. The predicted molar refractivity (Wildman–Crippen MR) is 113 cm³/mol. The lowest BCUT2D eigenvalue weighted by atomic mass is 10.1. The van der Waals surface area contributed by atoms with E-state index in [0.717, 1.165) is 36.9 Å². The summed E-state index contributed by atoms with van der Waals surface area (Å²) in [4.78, 5) is 33.6. The van der Waals surface area contributed by atoms with E-state index < -0.39 is 0 Å². The van der Waals surface area contributed by atoms with Crippen LogP contribution in [0.25, 0.3) is 0 Å².